The predicted octanol–water partition coefficient (Wildman–Crippen LogP) is 2.83. The van der Waals surface area contributed by atoms with Gasteiger partial charge in [0, 0.05) is 18.0 Å². The fourth-order valence-corrected chi connectivity index (χ4v) is 1.84. The molecular formula is C12H11BrN2O2. The van der Waals surface area contributed by atoms with Gasteiger partial charge in [-0.3, -0.25) is 0 Å². The number of nitrogens with zero attached hydrogens (tertiary/aromatic N) is 2. The van der Waals surface area contributed by atoms with Crippen LogP contribution >= 0.6 is 15.9 Å². The SMILES string of the molecule is Cc1ccc(Oc2ncc(CO)cn2)c(Br)c1. The van der Waals surface area contributed by atoms with Crippen LogP contribution in [0.5, 0.6) is 11.8 Å². The lowest BCUT2D eigenvalue weighted by Crippen LogP contribution is -1.94. The lowest BCUT2D eigenvalue weighted by molar-refractivity contribution is 0.280. The van der Waals surface area contributed by atoms with Gasteiger partial charge in [-0.25, -0.2) is 9.97 Å². The predicted molar refractivity (Wildman–Crippen MR) is 66.9 cm³/mol. The molecule has 2 rings (SSSR count). The first-order valence-corrected chi connectivity index (χ1v) is 5.84. The Balaban J connectivity index is 2.19. The van der Waals surface area contributed by atoms with Crippen LogP contribution in [0.3, 0.4) is 0 Å². The van der Waals surface area contributed by atoms with Crippen LogP contribution in [0.1, 0.15) is 11.1 Å². The molecule has 0 unspecified atom stereocenters. The Morgan fingerprint density at radius 2 is 2.00 bits per heavy atom. The molecule has 1 aromatic heterocycles. The van der Waals surface area contributed by atoms with Gasteiger partial charge in [0.25, 0.3) is 0 Å². The highest BCUT2D eigenvalue weighted by Gasteiger charge is 2.04. The van der Waals surface area contributed by atoms with Crippen LogP contribution in [0, 0.1) is 6.92 Å². The first-order valence-electron chi connectivity index (χ1n) is 5.05. The van der Waals surface area contributed by atoms with Crippen LogP contribution in [0.15, 0.2) is 35.1 Å². The molecule has 0 atom stereocenters. The molecule has 2 aromatic rings. The average Bonchev–Trinajstić information content (AvgIpc) is 2.34. The summed E-state index contributed by atoms with van der Waals surface area (Å²) in [7, 11) is 0. The molecule has 0 spiro atoms. The molecule has 0 bridgehead atoms. The number of aliphatic hydroxyl groups excluding tert-OH is 1. The van der Waals surface area contributed by atoms with Gasteiger partial charge >= 0.3 is 6.01 Å². The molecule has 0 amide bonds. The molecule has 0 aliphatic carbocycles. The molecule has 88 valence electrons. The number of rotatable bonds is 3. The van der Waals surface area contributed by atoms with Crippen LogP contribution in [-0.2, 0) is 6.61 Å². The van der Waals surface area contributed by atoms with Crippen molar-refractivity contribution in [2.24, 2.45) is 0 Å². The number of aryl methyl sites for hydroxylation is 1. The Morgan fingerprint density at radius 3 is 2.59 bits per heavy atom. The van der Waals surface area contributed by atoms with Crippen molar-refractivity contribution in [2.75, 3.05) is 0 Å². The third kappa shape index (κ3) is 3.01. The van der Waals surface area contributed by atoms with Gasteiger partial charge in [0.15, 0.2) is 0 Å². The summed E-state index contributed by atoms with van der Waals surface area (Å²) in [5.74, 6) is 0.660. The molecule has 1 N–H and O–H groups in total. The topological polar surface area (TPSA) is 55.2 Å². The van der Waals surface area contributed by atoms with Crippen LogP contribution < -0.4 is 4.74 Å². The summed E-state index contributed by atoms with van der Waals surface area (Å²) in [6.07, 6.45) is 3.06. The van der Waals surface area contributed by atoms with Gasteiger partial charge in [0.1, 0.15) is 5.75 Å². The third-order valence-corrected chi connectivity index (χ3v) is 2.77. The van der Waals surface area contributed by atoms with E-state index in [0.29, 0.717) is 11.3 Å². The first kappa shape index (κ1) is 12.0. The van der Waals surface area contributed by atoms with Crippen LogP contribution in [0.2, 0.25) is 0 Å². The minimum atomic E-state index is -0.0749. The summed E-state index contributed by atoms with van der Waals surface area (Å²) in [6, 6.07) is 6.01. The number of benzene rings is 1. The normalized spacial score (nSPS) is 10.3. The number of hydrogen-bond donors (Lipinski definition) is 1. The maximum absolute atomic E-state index is 8.86. The van der Waals surface area contributed by atoms with E-state index in [1.54, 1.807) is 0 Å². The summed E-state index contributed by atoms with van der Waals surface area (Å²) in [4.78, 5) is 7.99. The highest BCUT2D eigenvalue weighted by atomic mass is 79.9. The van der Waals surface area contributed by atoms with Gasteiger partial charge in [0.05, 0.1) is 11.1 Å². The number of halogens is 1. The van der Waals surface area contributed by atoms with Gasteiger partial charge in [-0.15, -0.1) is 0 Å². The maximum Gasteiger partial charge on any atom is 0.321 e. The fraction of sp³-hybridized carbons (Fsp3) is 0.167. The van der Waals surface area contributed by atoms with E-state index in [-0.39, 0.29) is 12.6 Å². The Morgan fingerprint density at radius 1 is 1.29 bits per heavy atom. The number of hydrogen-bond acceptors (Lipinski definition) is 4. The van der Waals surface area contributed by atoms with Crippen LogP contribution in [0.25, 0.3) is 0 Å². The summed E-state index contributed by atoms with van der Waals surface area (Å²) in [5.41, 5.74) is 1.79. The Kier molecular flexibility index (Phi) is 3.71. The van der Waals surface area contributed by atoms with Crippen molar-refractivity contribution in [1.29, 1.82) is 0 Å². The minimum absolute atomic E-state index is 0.0749. The molecule has 1 aromatic carbocycles. The monoisotopic (exact) mass is 294 g/mol. The molecule has 0 radical (unpaired) electrons. The Bertz CT molecular complexity index is 514. The van der Waals surface area contributed by atoms with Gasteiger partial charge in [0.2, 0.25) is 0 Å². The maximum atomic E-state index is 8.86. The standard InChI is InChI=1S/C12H11BrN2O2/c1-8-2-3-11(10(13)4-8)17-12-14-5-9(7-16)6-15-12/h2-6,16H,7H2,1H3. The Labute approximate surface area is 107 Å². The van der Waals surface area contributed by atoms with E-state index in [2.05, 4.69) is 25.9 Å². The van der Waals surface area contributed by atoms with Crippen LogP contribution in [0.4, 0.5) is 0 Å². The molecule has 0 saturated carbocycles. The fourth-order valence-electron chi connectivity index (χ4n) is 1.26. The lowest BCUT2D eigenvalue weighted by Gasteiger charge is -2.06. The van der Waals surface area contributed by atoms with E-state index in [1.807, 2.05) is 25.1 Å². The van der Waals surface area contributed by atoms with Crippen molar-refractivity contribution in [3.05, 3.63) is 46.2 Å². The highest BCUT2D eigenvalue weighted by molar-refractivity contribution is 9.10. The molecule has 5 heteroatoms. The summed E-state index contributed by atoms with van der Waals surface area (Å²) in [5, 5.41) is 8.86. The van der Waals surface area contributed by atoms with E-state index in [9.17, 15) is 0 Å². The zero-order chi connectivity index (χ0) is 12.3. The second-order valence-corrected chi connectivity index (χ2v) is 4.42. The molecule has 0 aliphatic rings. The molecule has 0 fully saturated rings. The number of aliphatic hydroxyl groups is 1. The zero-order valence-corrected chi connectivity index (χ0v) is 10.8. The third-order valence-electron chi connectivity index (χ3n) is 2.15. The van der Waals surface area contributed by atoms with Crippen molar-refractivity contribution in [3.8, 4) is 11.8 Å². The quantitative estimate of drug-likeness (QED) is 0.946. The van der Waals surface area contributed by atoms with Crippen molar-refractivity contribution in [2.45, 2.75) is 13.5 Å². The smallest absolute Gasteiger partial charge is 0.321 e. The number of ether oxygens (including phenoxy) is 1. The first-order chi connectivity index (χ1) is 8.19. The second-order valence-electron chi connectivity index (χ2n) is 3.57. The number of aromatic nitrogens is 2. The molecular weight excluding hydrogens is 284 g/mol. The molecule has 0 saturated heterocycles. The summed E-state index contributed by atoms with van der Waals surface area (Å²) >= 11 is 3.41. The minimum Gasteiger partial charge on any atom is -0.423 e. The van der Waals surface area contributed by atoms with Gasteiger partial charge < -0.3 is 9.84 Å². The summed E-state index contributed by atoms with van der Waals surface area (Å²) < 4.78 is 6.37. The molecule has 4 nitrogen and oxygen atoms in total. The lowest BCUT2D eigenvalue weighted by atomic mass is 10.2. The van der Waals surface area contributed by atoms with E-state index >= 15 is 0 Å². The second kappa shape index (κ2) is 5.25. The summed E-state index contributed by atoms with van der Waals surface area (Å²) in [6.45, 7) is 1.93. The van der Waals surface area contributed by atoms with E-state index < -0.39 is 0 Å². The van der Waals surface area contributed by atoms with Crippen molar-refractivity contribution >= 4 is 15.9 Å². The Hall–Kier alpha value is -1.46. The van der Waals surface area contributed by atoms with Crippen molar-refractivity contribution in [3.63, 3.8) is 0 Å². The van der Waals surface area contributed by atoms with Gasteiger partial charge in [-0.2, -0.15) is 0 Å². The molecule has 0 aliphatic heterocycles. The average molecular weight is 295 g/mol. The van der Waals surface area contributed by atoms with E-state index in [4.69, 9.17) is 9.84 Å². The highest BCUT2D eigenvalue weighted by Crippen LogP contribution is 2.28. The van der Waals surface area contributed by atoms with E-state index in [1.165, 1.54) is 12.4 Å². The molecule has 17 heavy (non-hydrogen) atoms. The van der Waals surface area contributed by atoms with Gasteiger partial charge in [-0.05, 0) is 40.5 Å². The van der Waals surface area contributed by atoms with Gasteiger partial charge in [-0.1, -0.05) is 6.07 Å². The van der Waals surface area contributed by atoms with E-state index in [0.717, 1.165) is 10.0 Å². The largest absolute Gasteiger partial charge is 0.423 e. The zero-order valence-electron chi connectivity index (χ0n) is 9.22. The molecule has 1 heterocycles. The van der Waals surface area contributed by atoms with Crippen molar-refractivity contribution < 1.29 is 9.84 Å². The van der Waals surface area contributed by atoms with Crippen LogP contribution in [-0.4, -0.2) is 15.1 Å². The van der Waals surface area contributed by atoms with Crippen molar-refractivity contribution in [1.82, 2.24) is 9.97 Å².